The summed E-state index contributed by atoms with van der Waals surface area (Å²) in [5.41, 5.74) is -0.670. The molecule has 0 aliphatic rings. The minimum absolute atomic E-state index is 0.159. The van der Waals surface area contributed by atoms with E-state index in [1.165, 1.54) is 0 Å². The Labute approximate surface area is 105 Å². The van der Waals surface area contributed by atoms with Crippen molar-refractivity contribution in [3.63, 3.8) is 0 Å². The molecule has 96 valence electrons. The Balaban J connectivity index is 2.94. The molecule has 0 saturated heterocycles. The van der Waals surface area contributed by atoms with E-state index in [9.17, 15) is 12.8 Å². The fraction of sp³-hybridized carbons (Fsp3) is 0.400. The molecule has 0 fully saturated rings. The molecule has 0 bridgehead atoms. The minimum atomic E-state index is -3.86. The summed E-state index contributed by atoms with van der Waals surface area (Å²) in [5.74, 6) is -0.678. The zero-order valence-electron chi connectivity index (χ0n) is 9.62. The fourth-order valence-corrected chi connectivity index (χ4v) is 2.09. The molecule has 1 N–H and O–H groups in total. The molecule has 4 nitrogen and oxygen atoms in total. The maximum Gasteiger partial charge on any atom is 0.262 e. The van der Waals surface area contributed by atoms with Crippen molar-refractivity contribution in [1.82, 2.24) is 4.89 Å². The maximum absolute atomic E-state index is 12.9. The number of halogens is 2. The molecule has 0 unspecified atom stereocenters. The first-order chi connectivity index (χ1) is 7.62. The molecule has 0 aliphatic heterocycles. The molecule has 0 radical (unpaired) electrons. The van der Waals surface area contributed by atoms with E-state index in [0.29, 0.717) is 0 Å². The van der Waals surface area contributed by atoms with Gasteiger partial charge in [0, 0.05) is 0 Å². The van der Waals surface area contributed by atoms with E-state index in [1.807, 2.05) is 4.89 Å². The van der Waals surface area contributed by atoms with E-state index in [-0.39, 0.29) is 9.92 Å². The second-order valence-electron chi connectivity index (χ2n) is 4.38. The normalized spacial score (nSPS) is 12.8. The zero-order chi connectivity index (χ0) is 13.3. The van der Waals surface area contributed by atoms with Gasteiger partial charge < -0.3 is 0 Å². The topological polar surface area (TPSA) is 55.4 Å². The highest BCUT2D eigenvalue weighted by molar-refractivity contribution is 7.89. The van der Waals surface area contributed by atoms with E-state index >= 15 is 0 Å². The molecule has 1 rings (SSSR count). The highest BCUT2D eigenvalue weighted by atomic mass is 35.5. The largest absolute Gasteiger partial charge is 0.281 e. The van der Waals surface area contributed by atoms with Gasteiger partial charge in [0.05, 0.1) is 15.5 Å². The first kappa shape index (κ1) is 14.4. The molecular formula is C10H13ClFNO3S. The van der Waals surface area contributed by atoms with Crippen molar-refractivity contribution in [2.45, 2.75) is 31.3 Å². The molecule has 0 spiro atoms. The summed E-state index contributed by atoms with van der Waals surface area (Å²) < 4.78 is 36.3. The van der Waals surface area contributed by atoms with Gasteiger partial charge >= 0.3 is 0 Å². The quantitative estimate of drug-likeness (QED) is 0.866. The van der Waals surface area contributed by atoms with Gasteiger partial charge in [-0.05, 0) is 39.0 Å². The fourth-order valence-electron chi connectivity index (χ4n) is 0.872. The molecular weight excluding hydrogens is 269 g/mol. The van der Waals surface area contributed by atoms with Crippen molar-refractivity contribution in [3.8, 4) is 0 Å². The summed E-state index contributed by atoms with van der Waals surface area (Å²) in [6.07, 6.45) is 0. The Bertz CT molecular complexity index is 511. The molecule has 0 heterocycles. The Hall–Kier alpha value is -0.690. The standard InChI is InChI=1S/C10H13ClFNO3S/c1-10(2,3)16-13-17(14,15)7-4-5-9(12)8(11)6-7/h4-6,13H,1-3H3. The smallest absolute Gasteiger partial charge is 0.262 e. The summed E-state index contributed by atoms with van der Waals surface area (Å²) in [4.78, 5) is 6.74. The summed E-state index contributed by atoms with van der Waals surface area (Å²) >= 11 is 5.50. The summed E-state index contributed by atoms with van der Waals surface area (Å²) in [7, 11) is -3.86. The SMILES string of the molecule is CC(C)(C)ONS(=O)(=O)c1ccc(F)c(Cl)c1. The van der Waals surface area contributed by atoms with E-state index in [4.69, 9.17) is 16.4 Å². The van der Waals surface area contributed by atoms with E-state index < -0.39 is 21.4 Å². The number of hydrogen-bond acceptors (Lipinski definition) is 3. The maximum atomic E-state index is 12.9. The number of sulfonamides is 1. The van der Waals surface area contributed by atoms with Gasteiger partial charge in [0.15, 0.2) is 0 Å². The van der Waals surface area contributed by atoms with Crippen LogP contribution in [0.15, 0.2) is 23.1 Å². The molecule has 7 heteroatoms. The van der Waals surface area contributed by atoms with Crippen molar-refractivity contribution in [2.75, 3.05) is 0 Å². The second-order valence-corrected chi connectivity index (χ2v) is 6.43. The Morgan fingerprint density at radius 1 is 1.35 bits per heavy atom. The molecule has 0 amide bonds. The molecule has 0 atom stereocenters. The van der Waals surface area contributed by atoms with E-state index in [0.717, 1.165) is 18.2 Å². The second kappa shape index (κ2) is 4.89. The van der Waals surface area contributed by atoms with Gasteiger partial charge in [0.2, 0.25) is 0 Å². The molecule has 1 aromatic carbocycles. The average molecular weight is 282 g/mol. The number of hydrogen-bond donors (Lipinski definition) is 1. The van der Waals surface area contributed by atoms with Crippen LogP contribution in [-0.2, 0) is 14.9 Å². The van der Waals surface area contributed by atoms with Crippen molar-refractivity contribution >= 4 is 21.6 Å². The highest BCUT2D eigenvalue weighted by Crippen LogP contribution is 2.19. The third kappa shape index (κ3) is 4.23. The molecule has 1 aromatic rings. The van der Waals surface area contributed by atoms with Crippen LogP contribution >= 0.6 is 11.6 Å². The zero-order valence-corrected chi connectivity index (χ0v) is 11.2. The Kier molecular flexibility index (Phi) is 4.14. The minimum Gasteiger partial charge on any atom is -0.281 e. The third-order valence-electron chi connectivity index (χ3n) is 1.66. The third-order valence-corrected chi connectivity index (χ3v) is 3.13. The van der Waals surface area contributed by atoms with Crippen LogP contribution in [-0.4, -0.2) is 14.0 Å². The van der Waals surface area contributed by atoms with E-state index in [2.05, 4.69) is 0 Å². The monoisotopic (exact) mass is 281 g/mol. The lowest BCUT2D eigenvalue weighted by atomic mass is 10.2. The number of rotatable bonds is 3. The van der Waals surface area contributed by atoms with Crippen LogP contribution in [0.3, 0.4) is 0 Å². The van der Waals surface area contributed by atoms with Crippen LogP contribution in [0.4, 0.5) is 4.39 Å². The Morgan fingerprint density at radius 2 is 1.94 bits per heavy atom. The lowest BCUT2D eigenvalue weighted by Gasteiger charge is -2.19. The lowest BCUT2D eigenvalue weighted by Crippen LogP contribution is -2.33. The summed E-state index contributed by atoms with van der Waals surface area (Å²) in [6, 6.07) is 3.11. The van der Waals surface area contributed by atoms with Gasteiger partial charge in [-0.25, -0.2) is 12.8 Å². The molecule has 17 heavy (non-hydrogen) atoms. The molecule has 0 saturated carbocycles. The van der Waals surface area contributed by atoms with Gasteiger partial charge in [-0.1, -0.05) is 16.5 Å². The van der Waals surface area contributed by atoms with Crippen LogP contribution in [0.25, 0.3) is 0 Å². The predicted octanol–water partition coefficient (Wildman–Crippen LogP) is 2.49. The Morgan fingerprint density at radius 3 is 2.41 bits per heavy atom. The van der Waals surface area contributed by atoms with E-state index in [1.54, 1.807) is 20.8 Å². The van der Waals surface area contributed by atoms with Crippen molar-refractivity contribution in [3.05, 3.63) is 29.0 Å². The van der Waals surface area contributed by atoms with Gasteiger partial charge in [0.1, 0.15) is 5.82 Å². The summed E-state index contributed by atoms with van der Waals surface area (Å²) in [6.45, 7) is 5.06. The first-order valence-electron chi connectivity index (χ1n) is 4.77. The van der Waals surface area contributed by atoms with Crippen LogP contribution in [0, 0.1) is 5.82 Å². The lowest BCUT2D eigenvalue weighted by molar-refractivity contribution is -0.0357. The van der Waals surface area contributed by atoms with Crippen molar-refractivity contribution in [1.29, 1.82) is 0 Å². The van der Waals surface area contributed by atoms with Gasteiger partial charge in [-0.15, -0.1) is 0 Å². The average Bonchev–Trinajstić information content (AvgIpc) is 2.18. The van der Waals surface area contributed by atoms with Gasteiger partial charge in [0.25, 0.3) is 10.0 Å². The number of nitrogens with one attached hydrogen (secondary N) is 1. The van der Waals surface area contributed by atoms with Gasteiger partial charge in [-0.2, -0.15) is 0 Å². The van der Waals surface area contributed by atoms with Gasteiger partial charge in [-0.3, -0.25) is 4.84 Å². The number of benzene rings is 1. The van der Waals surface area contributed by atoms with Crippen LogP contribution in [0.1, 0.15) is 20.8 Å². The molecule has 0 aromatic heterocycles. The van der Waals surface area contributed by atoms with Crippen LogP contribution in [0.2, 0.25) is 5.02 Å². The first-order valence-corrected chi connectivity index (χ1v) is 6.63. The molecule has 0 aliphatic carbocycles. The van der Waals surface area contributed by atoms with Crippen molar-refractivity contribution in [2.24, 2.45) is 0 Å². The van der Waals surface area contributed by atoms with Crippen LogP contribution < -0.4 is 4.89 Å². The van der Waals surface area contributed by atoms with Crippen molar-refractivity contribution < 1.29 is 17.6 Å². The van der Waals surface area contributed by atoms with Crippen LogP contribution in [0.5, 0.6) is 0 Å². The highest BCUT2D eigenvalue weighted by Gasteiger charge is 2.20. The summed E-state index contributed by atoms with van der Waals surface area (Å²) in [5, 5.41) is -0.261. The predicted molar refractivity (Wildman–Crippen MR) is 62.6 cm³/mol.